The van der Waals surface area contributed by atoms with Gasteiger partial charge in [0.15, 0.2) is 5.82 Å². The number of nitrogens with one attached hydrogen (secondary N) is 1. The maximum atomic E-state index is 14.7. The first-order valence-electron chi connectivity index (χ1n) is 9.64. The third kappa shape index (κ3) is 2.99. The molecule has 2 amide bonds. The standard InChI is InChI=1S/C22H20FN5O/c1-14-5-4-6-16(20(14)23)17-8-9-18-21(25-17)28(15-10-12-27(18)13-15)22(29)26-19-7-2-3-11-24-19/h2-9,11,15H,10,12-13H2,1H3,(H,24,26,29)/t15-/m0/s1. The predicted molar refractivity (Wildman–Crippen MR) is 111 cm³/mol. The predicted octanol–water partition coefficient (Wildman–Crippen LogP) is 4.22. The first-order valence-corrected chi connectivity index (χ1v) is 9.64. The van der Waals surface area contributed by atoms with E-state index in [2.05, 4.69) is 15.2 Å². The molecule has 0 aliphatic carbocycles. The number of benzene rings is 1. The summed E-state index contributed by atoms with van der Waals surface area (Å²) >= 11 is 0. The zero-order chi connectivity index (χ0) is 20.0. The van der Waals surface area contributed by atoms with Gasteiger partial charge in [-0.25, -0.2) is 19.2 Å². The first kappa shape index (κ1) is 17.6. The second-order valence-electron chi connectivity index (χ2n) is 7.38. The lowest BCUT2D eigenvalue weighted by atomic mass is 10.1. The molecule has 0 unspecified atom stereocenters. The Hall–Kier alpha value is -3.48. The number of aryl methyl sites for hydroxylation is 1. The highest BCUT2D eigenvalue weighted by Crippen LogP contribution is 2.40. The summed E-state index contributed by atoms with van der Waals surface area (Å²) in [5.74, 6) is 0.759. The van der Waals surface area contributed by atoms with Gasteiger partial charge in [-0.1, -0.05) is 18.2 Å². The average Bonchev–Trinajstić information content (AvgIpc) is 3.15. The van der Waals surface area contributed by atoms with Gasteiger partial charge >= 0.3 is 6.03 Å². The van der Waals surface area contributed by atoms with E-state index >= 15 is 0 Å². The highest BCUT2D eigenvalue weighted by Gasteiger charge is 2.40. The van der Waals surface area contributed by atoms with Gasteiger partial charge in [-0.3, -0.25) is 10.2 Å². The number of urea groups is 1. The summed E-state index contributed by atoms with van der Waals surface area (Å²) in [4.78, 5) is 26.0. The molecule has 0 spiro atoms. The summed E-state index contributed by atoms with van der Waals surface area (Å²) in [6.07, 6.45) is 2.49. The summed E-state index contributed by atoms with van der Waals surface area (Å²) in [6.45, 7) is 3.36. The van der Waals surface area contributed by atoms with Crippen LogP contribution in [0.5, 0.6) is 0 Å². The molecular formula is C22H20FN5O. The number of pyridine rings is 2. The number of nitrogens with zero attached hydrogens (tertiary/aromatic N) is 4. The number of anilines is 3. The maximum Gasteiger partial charge on any atom is 0.329 e. The Kier molecular flexibility index (Phi) is 4.16. The molecule has 1 N–H and O–H groups in total. The number of halogens is 1. The fourth-order valence-corrected chi connectivity index (χ4v) is 4.07. The van der Waals surface area contributed by atoms with Crippen LogP contribution in [0.1, 0.15) is 12.0 Å². The minimum Gasteiger partial charge on any atom is -0.366 e. The van der Waals surface area contributed by atoms with Crippen molar-refractivity contribution in [2.75, 3.05) is 28.2 Å². The molecule has 146 valence electrons. The van der Waals surface area contributed by atoms with E-state index in [-0.39, 0.29) is 17.9 Å². The summed E-state index contributed by atoms with van der Waals surface area (Å²) in [7, 11) is 0. The van der Waals surface area contributed by atoms with Crippen molar-refractivity contribution in [3.8, 4) is 11.3 Å². The van der Waals surface area contributed by atoms with Gasteiger partial charge < -0.3 is 4.90 Å². The molecule has 5 rings (SSSR count). The first-order chi connectivity index (χ1) is 14.1. The Morgan fingerprint density at radius 2 is 2.07 bits per heavy atom. The molecule has 29 heavy (non-hydrogen) atoms. The van der Waals surface area contributed by atoms with Crippen molar-refractivity contribution in [1.82, 2.24) is 9.97 Å². The molecule has 0 radical (unpaired) electrons. The Morgan fingerprint density at radius 1 is 1.17 bits per heavy atom. The van der Waals surface area contributed by atoms with Gasteiger partial charge in [-0.2, -0.15) is 0 Å². The number of hydrogen-bond donors (Lipinski definition) is 1. The zero-order valence-electron chi connectivity index (χ0n) is 16.0. The van der Waals surface area contributed by atoms with Crippen LogP contribution in [0.2, 0.25) is 0 Å². The van der Waals surface area contributed by atoms with E-state index in [9.17, 15) is 9.18 Å². The number of fused-ring (bicyclic) bond motifs is 4. The van der Waals surface area contributed by atoms with Crippen molar-refractivity contribution in [3.63, 3.8) is 0 Å². The molecule has 1 aromatic carbocycles. The topological polar surface area (TPSA) is 61.4 Å². The van der Waals surface area contributed by atoms with Crippen LogP contribution < -0.4 is 15.1 Å². The minimum absolute atomic E-state index is 0.0244. The number of carbonyl (C=O) groups excluding carboxylic acids is 1. The van der Waals surface area contributed by atoms with Crippen molar-refractivity contribution in [2.24, 2.45) is 0 Å². The minimum atomic E-state index is -0.288. The highest BCUT2D eigenvalue weighted by atomic mass is 19.1. The van der Waals surface area contributed by atoms with Gasteiger partial charge in [0.25, 0.3) is 0 Å². The van der Waals surface area contributed by atoms with Crippen LogP contribution in [-0.4, -0.2) is 35.1 Å². The molecule has 3 aromatic rings. The van der Waals surface area contributed by atoms with Gasteiger partial charge in [-0.05, 0) is 49.2 Å². The lowest BCUT2D eigenvalue weighted by Gasteiger charge is -2.35. The van der Waals surface area contributed by atoms with E-state index in [1.807, 2.05) is 24.3 Å². The van der Waals surface area contributed by atoms with Gasteiger partial charge in [0.05, 0.1) is 17.4 Å². The third-order valence-corrected chi connectivity index (χ3v) is 5.54. The lowest BCUT2D eigenvalue weighted by Crippen LogP contribution is -2.48. The molecule has 2 aliphatic heterocycles. The second kappa shape index (κ2) is 6.84. The molecule has 4 heterocycles. The molecule has 1 saturated heterocycles. The molecule has 1 fully saturated rings. The summed E-state index contributed by atoms with van der Waals surface area (Å²) in [6, 6.07) is 14.1. The Balaban J connectivity index is 1.57. The fraction of sp³-hybridized carbons (Fsp3) is 0.227. The zero-order valence-corrected chi connectivity index (χ0v) is 16.0. The molecule has 2 aromatic heterocycles. The number of hydrogen-bond acceptors (Lipinski definition) is 4. The largest absolute Gasteiger partial charge is 0.366 e. The van der Waals surface area contributed by atoms with Crippen LogP contribution in [0, 0.1) is 12.7 Å². The Bertz CT molecular complexity index is 1090. The van der Waals surface area contributed by atoms with Crippen molar-refractivity contribution in [1.29, 1.82) is 0 Å². The van der Waals surface area contributed by atoms with Crippen LogP contribution in [0.4, 0.5) is 26.5 Å². The number of aromatic nitrogens is 2. The molecule has 6 nitrogen and oxygen atoms in total. The third-order valence-electron chi connectivity index (χ3n) is 5.54. The van der Waals surface area contributed by atoms with E-state index in [4.69, 9.17) is 4.98 Å². The summed E-state index contributed by atoms with van der Waals surface area (Å²) in [5, 5.41) is 2.86. The maximum absolute atomic E-state index is 14.7. The van der Waals surface area contributed by atoms with Crippen LogP contribution >= 0.6 is 0 Å². The fourth-order valence-electron chi connectivity index (χ4n) is 4.07. The number of rotatable bonds is 2. The summed E-state index contributed by atoms with van der Waals surface area (Å²) < 4.78 is 14.7. The van der Waals surface area contributed by atoms with Crippen LogP contribution in [0.3, 0.4) is 0 Å². The smallest absolute Gasteiger partial charge is 0.329 e. The van der Waals surface area contributed by atoms with Gasteiger partial charge in [0.1, 0.15) is 11.6 Å². The van der Waals surface area contributed by atoms with Gasteiger partial charge in [-0.15, -0.1) is 0 Å². The molecule has 1 atom stereocenters. The monoisotopic (exact) mass is 389 g/mol. The van der Waals surface area contributed by atoms with E-state index in [0.29, 0.717) is 28.5 Å². The Labute approximate surface area is 168 Å². The van der Waals surface area contributed by atoms with E-state index in [1.165, 1.54) is 0 Å². The molecular weight excluding hydrogens is 369 g/mol. The van der Waals surface area contributed by atoms with Gasteiger partial charge in [0.2, 0.25) is 0 Å². The van der Waals surface area contributed by atoms with Crippen molar-refractivity contribution >= 4 is 23.4 Å². The number of amides is 2. The van der Waals surface area contributed by atoms with Crippen LogP contribution in [-0.2, 0) is 0 Å². The lowest BCUT2D eigenvalue weighted by molar-refractivity contribution is 0.254. The highest BCUT2D eigenvalue weighted by molar-refractivity contribution is 6.04. The van der Waals surface area contributed by atoms with Crippen LogP contribution in [0.15, 0.2) is 54.7 Å². The number of carbonyl (C=O) groups is 1. The molecule has 2 aliphatic rings. The molecule has 2 bridgehead atoms. The van der Waals surface area contributed by atoms with E-state index in [1.54, 1.807) is 42.3 Å². The quantitative estimate of drug-likeness (QED) is 0.713. The molecule has 0 saturated carbocycles. The van der Waals surface area contributed by atoms with Crippen molar-refractivity contribution < 1.29 is 9.18 Å². The van der Waals surface area contributed by atoms with Crippen LogP contribution in [0.25, 0.3) is 11.3 Å². The SMILES string of the molecule is Cc1cccc(-c2ccc3c(n2)N(C(=O)Nc2ccccn2)[C@H]2CCN3C2)c1F. The average molecular weight is 389 g/mol. The van der Waals surface area contributed by atoms with Crippen molar-refractivity contribution in [2.45, 2.75) is 19.4 Å². The van der Waals surface area contributed by atoms with E-state index in [0.717, 1.165) is 25.2 Å². The second-order valence-corrected chi connectivity index (χ2v) is 7.38. The van der Waals surface area contributed by atoms with E-state index < -0.39 is 0 Å². The molecule has 7 heteroatoms. The van der Waals surface area contributed by atoms with Crippen molar-refractivity contribution in [3.05, 3.63) is 66.1 Å². The Morgan fingerprint density at radius 3 is 2.90 bits per heavy atom. The summed E-state index contributed by atoms with van der Waals surface area (Å²) in [5.41, 5.74) is 2.41. The van der Waals surface area contributed by atoms with Gasteiger partial charge in [0, 0.05) is 24.8 Å². The normalized spacial score (nSPS) is 17.2.